The first-order chi connectivity index (χ1) is 13.7. The zero-order valence-electron chi connectivity index (χ0n) is 16.1. The van der Waals surface area contributed by atoms with Gasteiger partial charge in [0.25, 0.3) is 0 Å². The smallest absolute Gasteiger partial charge is 0.118 e. The predicted octanol–water partition coefficient (Wildman–Crippen LogP) is 5.15. The molecule has 4 heteroatoms. The summed E-state index contributed by atoms with van der Waals surface area (Å²) in [5, 5.41) is 0. The lowest BCUT2D eigenvalue weighted by molar-refractivity contribution is 0.118. The van der Waals surface area contributed by atoms with E-state index in [2.05, 4.69) is 30.3 Å². The molecule has 144 valence electrons. The quantitative estimate of drug-likeness (QED) is 0.405. The Morgan fingerprint density at radius 1 is 0.893 bits per heavy atom. The lowest BCUT2D eigenvalue weighted by Crippen LogP contribution is -2.10. The summed E-state index contributed by atoms with van der Waals surface area (Å²) in [6.07, 6.45) is 1.97. The zero-order valence-corrected chi connectivity index (χ0v) is 16.9. The van der Waals surface area contributed by atoms with Gasteiger partial charge in [0.1, 0.15) is 10.7 Å². The molecule has 3 rings (SSSR count). The van der Waals surface area contributed by atoms with Crippen LogP contribution < -0.4 is 10.5 Å². The van der Waals surface area contributed by atoms with Gasteiger partial charge in [-0.3, -0.25) is 0 Å². The first-order valence-corrected chi connectivity index (χ1v) is 9.77. The fourth-order valence-corrected chi connectivity index (χ4v) is 3.27. The van der Waals surface area contributed by atoms with Crippen molar-refractivity contribution in [1.82, 2.24) is 0 Å². The molecule has 0 unspecified atom stereocenters. The molecule has 0 aromatic heterocycles. The van der Waals surface area contributed by atoms with E-state index in [0.717, 1.165) is 47.5 Å². The molecule has 0 radical (unpaired) electrons. The molecule has 0 fully saturated rings. The van der Waals surface area contributed by atoms with Gasteiger partial charge in [-0.05, 0) is 47.2 Å². The third-order valence-electron chi connectivity index (χ3n) is 4.64. The SMILES string of the molecule is COc1ccc(COCCCc2ccc(-c3ccccc3C(N)=S)cc2)cc1. The number of benzene rings is 3. The number of nitrogens with two attached hydrogens (primary N) is 1. The number of thiocarbonyl (C=S) groups is 1. The molecule has 0 saturated carbocycles. The van der Waals surface area contributed by atoms with Gasteiger partial charge < -0.3 is 15.2 Å². The maximum absolute atomic E-state index is 5.84. The Morgan fingerprint density at radius 3 is 2.25 bits per heavy atom. The zero-order chi connectivity index (χ0) is 19.8. The van der Waals surface area contributed by atoms with Gasteiger partial charge in [-0.25, -0.2) is 0 Å². The average molecular weight is 392 g/mol. The van der Waals surface area contributed by atoms with Crippen molar-refractivity contribution in [2.24, 2.45) is 5.73 Å². The fourth-order valence-electron chi connectivity index (χ4n) is 3.09. The average Bonchev–Trinajstić information content (AvgIpc) is 2.74. The monoisotopic (exact) mass is 391 g/mol. The second-order valence-electron chi connectivity index (χ2n) is 6.61. The largest absolute Gasteiger partial charge is 0.497 e. The maximum atomic E-state index is 5.84. The van der Waals surface area contributed by atoms with Crippen molar-refractivity contribution in [1.29, 1.82) is 0 Å². The molecule has 0 aliphatic carbocycles. The van der Waals surface area contributed by atoms with Gasteiger partial charge in [0, 0.05) is 12.2 Å². The van der Waals surface area contributed by atoms with E-state index >= 15 is 0 Å². The van der Waals surface area contributed by atoms with Crippen LogP contribution in [0.4, 0.5) is 0 Å². The van der Waals surface area contributed by atoms with E-state index < -0.39 is 0 Å². The molecule has 0 aliphatic heterocycles. The van der Waals surface area contributed by atoms with Gasteiger partial charge >= 0.3 is 0 Å². The summed E-state index contributed by atoms with van der Waals surface area (Å²) < 4.78 is 10.9. The van der Waals surface area contributed by atoms with Crippen LogP contribution in [0.3, 0.4) is 0 Å². The summed E-state index contributed by atoms with van der Waals surface area (Å²) in [4.78, 5) is 0.425. The van der Waals surface area contributed by atoms with E-state index in [1.807, 2.05) is 42.5 Å². The number of hydrogen-bond acceptors (Lipinski definition) is 3. The van der Waals surface area contributed by atoms with Gasteiger partial charge in [-0.1, -0.05) is 72.9 Å². The molecule has 2 N–H and O–H groups in total. The van der Waals surface area contributed by atoms with Gasteiger partial charge in [0.2, 0.25) is 0 Å². The minimum Gasteiger partial charge on any atom is -0.497 e. The highest BCUT2D eigenvalue weighted by molar-refractivity contribution is 7.80. The number of rotatable bonds is 9. The second kappa shape index (κ2) is 10.0. The number of aryl methyl sites for hydroxylation is 1. The number of methoxy groups -OCH3 is 1. The molecule has 0 amide bonds. The molecule has 0 aliphatic rings. The Balaban J connectivity index is 1.48. The topological polar surface area (TPSA) is 44.5 Å². The lowest BCUT2D eigenvalue weighted by Gasteiger charge is -2.09. The van der Waals surface area contributed by atoms with Crippen LogP contribution in [0.25, 0.3) is 11.1 Å². The molecule has 3 nitrogen and oxygen atoms in total. The van der Waals surface area contributed by atoms with Crippen LogP contribution in [0.1, 0.15) is 23.1 Å². The summed E-state index contributed by atoms with van der Waals surface area (Å²) in [6, 6.07) is 24.5. The first kappa shape index (κ1) is 20.1. The molecular weight excluding hydrogens is 366 g/mol. The standard InChI is InChI=1S/C24H25NO2S/c1-26-21-14-10-19(11-15-21)17-27-16-4-5-18-8-12-20(13-9-18)22-6-2-3-7-23(22)24(25)28/h2-3,6-15H,4-5,16-17H2,1H3,(H2,25,28). The van der Waals surface area contributed by atoms with Crippen molar-refractivity contribution in [3.8, 4) is 16.9 Å². The fraction of sp³-hybridized carbons (Fsp3) is 0.208. The van der Waals surface area contributed by atoms with Crippen molar-refractivity contribution in [3.63, 3.8) is 0 Å². The van der Waals surface area contributed by atoms with E-state index in [0.29, 0.717) is 11.6 Å². The van der Waals surface area contributed by atoms with Crippen LogP contribution in [0.15, 0.2) is 72.8 Å². The summed E-state index contributed by atoms with van der Waals surface area (Å²) >= 11 is 5.16. The predicted molar refractivity (Wildman–Crippen MR) is 119 cm³/mol. The molecule has 0 spiro atoms. The van der Waals surface area contributed by atoms with Crippen molar-refractivity contribution in [2.45, 2.75) is 19.4 Å². The molecule has 0 saturated heterocycles. The molecule has 0 bridgehead atoms. The van der Waals surface area contributed by atoms with Crippen LogP contribution in [0.5, 0.6) is 5.75 Å². The number of ether oxygens (including phenoxy) is 2. The van der Waals surface area contributed by atoms with E-state index in [1.165, 1.54) is 5.56 Å². The highest BCUT2D eigenvalue weighted by atomic mass is 32.1. The molecule has 3 aromatic carbocycles. The molecule has 28 heavy (non-hydrogen) atoms. The van der Waals surface area contributed by atoms with Gasteiger partial charge in [0.15, 0.2) is 0 Å². The third kappa shape index (κ3) is 5.41. The third-order valence-corrected chi connectivity index (χ3v) is 4.86. The minimum absolute atomic E-state index is 0.425. The molecule has 0 atom stereocenters. The van der Waals surface area contributed by atoms with Crippen LogP contribution in [0, 0.1) is 0 Å². The van der Waals surface area contributed by atoms with Gasteiger partial charge in [-0.2, -0.15) is 0 Å². The van der Waals surface area contributed by atoms with E-state index in [4.69, 9.17) is 27.4 Å². The Bertz CT molecular complexity index is 905. The Morgan fingerprint density at radius 2 is 1.57 bits per heavy atom. The summed E-state index contributed by atoms with van der Waals surface area (Å²) in [5.74, 6) is 0.864. The molecule has 0 heterocycles. The van der Waals surface area contributed by atoms with E-state index in [-0.39, 0.29) is 0 Å². The first-order valence-electron chi connectivity index (χ1n) is 9.36. The van der Waals surface area contributed by atoms with Crippen molar-refractivity contribution < 1.29 is 9.47 Å². The molecular formula is C24H25NO2S. The normalized spacial score (nSPS) is 10.6. The van der Waals surface area contributed by atoms with Crippen LogP contribution in [0.2, 0.25) is 0 Å². The second-order valence-corrected chi connectivity index (χ2v) is 7.05. The maximum Gasteiger partial charge on any atom is 0.118 e. The van der Waals surface area contributed by atoms with Gasteiger partial charge in [0.05, 0.1) is 13.7 Å². The van der Waals surface area contributed by atoms with Crippen LogP contribution in [-0.2, 0) is 17.8 Å². The Kier molecular flexibility index (Phi) is 7.18. The Hall–Kier alpha value is -2.69. The molecule has 3 aromatic rings. The Labute approximate surface area is 172 Å². The summed E-state index contributed by atoms with van der Waals surface area (Å²) in [7, 11) is 1.67. The summed E-state index contributed by atoms with van der Waals surface area (Å²) in [6.45, 7) is 1.36. The van der Waals surface area contributed by atoms with Gasteiger partial charge in [-0.15, -0.1) is 0 Å². The highest BCUT2D eigenvalue weighted by Crippen LogP contribution is 2.24. The van der Waals surface area contributed by atoms with Crippen molar-refractivity contribution in [3.05, 3.63) is 89.5 Å². The summed E-state index contributed by atoms with van der Waals surface area (Å²) in [5.41, 5.74) is 11.4. The highest BCUT2D eigenvalue weighted by Gasteiger charge is 2.06. The van der Waals surface area contributed by atoms with E-state index in [9.17, 15) is 0 Å². The lowest BCUT2D eigenvalue weighted by atomic mass is 9.98. The van der Waals surface area contributed by atoms with Crippen molar-refractivity contribution in [2.75, 3.05) is 13.7 Å². The minimum atomic E-state index is 0.425. The number of hydrogen-bond donors (Lipinski definition) is 1. The van der Waals surface area contributed by atoms with Crippen LogP contribution >= 0.6 is 12.2 Å². The van der Waals surface area contributed by atoms with E-state index in [1.54, 1.807) is 7.11 Å². The van der Waals surface area contributed by atoms with Crippen molar-refractivity contribution >= 4 is 17.2 Å². The van der Waals surface area contributed by atoms with Crippen LogP contribution in [-0.4, -0.2) is 18.7 Å².